The van der Waals surface area contributed by atoms with Crippen molar-refractivity contribution in [1.82, 2.24) is 0 Å². The van der Waals surface area contributed by atoms with Gasteiger partial charge in [-0.05, 0) is 49.4 Å². The number of carbonyl (C=O) groups excluding carboxylic acids is 4. The highest BCUT2D eigenvalue weighted by molar-refractivity contribution is 5.82. The average molecular weight is 719 g/mol. The Hall–Kier alpha value is -4.28. The van der Waals surface area contributed by atoms with E-state index in [2.05, 4.69) is 12.1 Å². The standard InChI is InChI=1S/C42H58N2O8/c1-10-12-16-25(3)27(5)35(37(46)24-45)20-31(22-43)29(7)40(47)51-38-33-18-14-15-19-34(33)39(38)52-41(48)30(8)32(23-44)21-36(42(49)50-9)28(6)26(4)17-13-11-2/h12-19,25-32,35-36,38-39,45H,10-11,20-21,24H2,1-9H3/b16-12+,17-13+/t25?,26?,27?,28?,29?,30?,31?,32?,35?,36?,38-,39+/m0/s1. The largest absolute Gasteiger partial charge is 0.469 e. The summed E-state index contributed by atoms with van der Waals surface area (Å²) in [6.07, 6.45) is 8.08. The van der Waals surface area contributed by atoms with E-state index in [0.717, 1.165) is 12.8 Å². The molecule has 0 radical (unpaired) electrons. The molecule has 0 saturated heterocycles. The summed E-state index contributed by atoms with van der Waals surface area (Å²) in [5.41, 5.74) is 1.32. The van der Waals surface area contributed by atoms with E-state index < -0.39 is 72.2 Å². The van der Waals surface area contributed by atoms with E-state index in [1.807, 2.05) is 65.8 Å². The van der Waals surface area contributed by atoms with Crippen LogP contribution in [0, 0.1) is 81.8 Å². The zero-order chi connectivity index (χ0) is 39.1. The number of fused-ring (bicyclic) bond motifs is 1. The number of aliphatic hydroxyl groups excluding tert-OH is 1. The SMILES string of the molecule is CC/C=C/C(C)C(C)C(CC(C#N)C(C)C(=O)O[C@H]1c2ccccc2[C@H]1OC(=O)C(C)C(C#N)CC(C(=O)OC)C(C)C(C)/C=C/CC)C(=O)CO. The molecule has 0 bridgehead atoms. The predicted octanol–water partition coefficient (Wildman–Crippen LogP) is 7.64. The average Bonchev–Trinajstić information content (AvgIpc) is 3.16. The van der Waals surface area contributed by atoms with Crippen molar-refractivity contribution in [2.45, 2.75) is 93.3 Å². The van der Waals surface area contributed by atoms with Gasteiger partial charge in [-0.25, -0.2) is 0 Å². The summed E-state index contributed by atoms with van der Waals surface area (Å²) in [5.74, 6) is -7.32. The number of ether oxygens (including phenoxy) is 3. The van der Waals surface area contributed by atoms with Crippen LogP contribution in [0.1, 0.15) is 104 Å². The third kappa shape index (κ3) is 11.1. The number of methoxy groups -OCH3 is 1. The number of esters is 3. The molecule has 1 N–H and O–H groups in total. The number of Topliss-reactive ketones (excluding diaryl/α,β-unsaturated/α-hetero) is 1. The van der Waals surface area contributed by atoms with Crippen LogP contribution in [0.15, 0.2) is 48.6 Å². The normalized spacial score (nSPS) is 21.0. The Morgan fingerprint density at radius 1 is 0.731 bits per heavy atom. The highest BCUT2D eigenvalue weighted by Gasteiger charge is 2.46. The Morgan fingerprint density at radius 3 is 1.50 bits per heavy atom. The zero-order valence-electron chi connectivity index (χ0n) is 32.3. The number of hydrogen-bond acceptors (Lipinski definition) is 10. The van der Waals surface area contributed by atoms with Crippen molar-refractivity contribution < 1.29 is 38.5 Å². The molecular weight excluding hydrogens is 660 g/mol. The van der Waals surface area contributed by atoms with Gasteiger partial charge in [0, 0.05) is 17.0 Å². The van der Waals surface area contributed by atoms with E-state index in [9.17, 15) is 34.8 Å². The summed E-state index contributed by atoms with van der Waals surface area (Å²) in [5, 5.41) is 30.0. The van der Waals surface area contributed by atoms with Crippen LogP contribution in [0.2, 0.25) is 0 Å². The summed E-state index contributed by atoms with van der Waals surface area (Å²) >= 11 is 0. The van der Waals surface area contributed by atoms with Crippen molar-refractivity contribution >= 4 is 23.7 Å². The lowest BCUT2D eigenvalue weighted by Gasteiger charge is -2.39. The molecule has 2 rings (SSSR count). The number of benzene rings is 1. The number of carbonyl (C=O) groups is 4. The maximum absolute atomic E-state index is 13.6. The third-order valence-corrected chi connectivity index (χ3v) is 11.0. The minimum Gasteiger partial charge on any atom is -0.469 e. The number of rotatable bonds is 21. The first-order valence-electron chi connectivity index (χ1n) is 18.6. The van der Waals surface area contributed by atoms with Gasteiger partial charge in [0.1, 0.15) is 6.61 Å². The van der Waals surface area contributed by atoms with Gasteiger partial charge in [-0.3, -0.25) is 19.2 Å². The van der Waals surface area contributed by atoms with E-state index in [4.69, 9.17) is 14.2 Å². The van der Waals surface area contributed by atoms with Crippen LogP contribution in [0.5, 0.6) is 0 Å². The molecule has 10 heteroatoms. The van der Waals surface area contributed by atoms with Crippen LogP contribution in [-0.4, -0.2) is 42.5 Å². The lowest BCUT2D eigenvalue weighted by Crippen LogP contribution is -2.37. The van der Waals surface area contributed by atoms with E-state index >= 15 is 0 Å². The van der Waals surface area contributed by atoms with Gasteiger partial charge in [0.05, 0.1) is 48.8 Å². The second-order valence-electron chi connectivity index (χ2n) is 14.3. The van der Waals surface area contributed by atoms with Crippen molar-refractivity contribution in [3.8, 4) is 12.1 Å². The molecule has 12 atom stereocenters. The zero-order valence-corrected chi connectivity index (χ0v) is 32.3. The van der Waals surface area contributed by atoms with Gasteiger partial charge in [0.2, 0.25) is 0 Å². The lowest BCUT2D eigenvalue weighted by atomic mass is 9.74. The van der Waals surface area contributed by atoms with Crippen LogP contribution in [0.3, 0.4) is 0 Å². The van der Waals surface area contributed by atoms with Crippen molar-refractivity contribution in [3.63, 3.8) is 0 Å². The van der Waals surface area contributed by atoms with Crippen molar-refractivity contribution in [3.05, 3.63) is 59.7 Å². The van der Waals surface area contributed by atoms with Crippen molar-refractivity contribution in [1.29, 1.82) is 10.5 Å². The van der Waals surface area contributed by atoms with Crippen molar-refractivity contribution in [2.75, 3.05) is 13.7 Å². The van der Waals surface area contributed by atoms with E-state index in [1.165, 1.54) is 7.11 Å². The molecule has 52 heavy (non-hydrogen) atoms. The molecule has 1 aliphatic rings. The molecule has 0 aliphatic heterocycles. The molecule has 0 saturated carbocycles. The molecule has 0 aromatic heterocycles. The van der Waals surface area contributed by atoms with Crippen LogP contribution in [0.25, 0.3) is 0 Å². The molecular formula is C42H58N2O8. The Balaban J connectivity index is 2.25. The smallest absolute Gasteiger partial charge is 0.310 e. The number of allylic oxidation sites excluding steroid dienone is 4. The van der Waals surface area contributed by atoms with Gasteiger partial charge in [0.25, 0.3) is 0 Å². The third-order valence-electron chi connectivity index (χ3n) is 11.0. The minimum absolute atomic E-state index is 0.00765. The number of nitriles is 2. The van der Waals surface area contributed by atoms with Gasteiger partial charge in [-0.1, -0.05) is 104 Å². The molecule has 10 unspecified atom stereocenters. The Labute approximate surface area is 310 Å². The predicted molar refractivity (Wildman–Crippen MR) is 196 cm³/mol. The topological polar surface area (TPSA) is 164 Å². The first-order chi connectivity index (χ1) is 24.7. The monoisotopic (exact) mass is 718 g/mol. The first kappa shape index (κ1) is 43.9. The van der Waals surface area contributed by atoms with Crippen molar-refractivity contribution in [2.24, 2.45) is 59.2 Å². The molecule has 10 nitrogen and oxygen atoms in total. The molecule has 0 spiro atoms. The quantitative estimate of drug-likeness (QED) is 0.0759. The summed E-state index contributed by atoms with van der Waals surface area (Å²) < 4.78 is 16.9. The second-order valence-corrected chi connectivity index (χ2v) is 14.3. The summed E-state index contributed by atoms with van der Waals surface area (Å²) in [7, 11) is 1.31. The van der Waals surface area contributed by atoms with Gasteiger partial charge < -0.3 is 19.3 Å². The molecule has 284 valence electrons. The van der Waals surface area contributed by atoms with E-state index in [-0.39, 0.29) is 42.3 Å². The molecule has 0 amide bonds. The maximum atomic E-state index is 13.6. The fraction of sp³-hybridized carbons (Fsp3) is 0.619. The molecule has 0 fully saturated rings. The molecule has 0 heterocycles. The fourth-order valence-corrected chi connectivity index (χ4v) is 6.81. The first-order valence-corrected chi connectivity index (χ1v) is 18.6. The highest BCUT2D eigenvalue weighted by atomic mass is 16.6. The summed E-state index contributed by atoms with van der Waals surface area (Å²) in [4.78, 5) is 52.9. The number of nitrogens with zero attached hydrogens (tertiary/aromatic N) is 2. The summed E-state index contributed by atoms with van der Waals surface area (Å²) in [6.45, 7) is 14.4. The number of ketones is 1. The summed E-state index contributed by atoms with van der Waals surface area (Å²) in [6, 6.07) is 11.5. The fourth-order valence-electron chi connectivity index (χ4n) is 6.81. The lowest BCUT2D eigenvalue weighted by molar-refractivity contribution is -0.181. The van der Waals surface area contributed by atoms with Gasteiger partial charge >= 0.3 is 17.9 Å². The van der Waals surface area contributed by atoms with Crippen LogP contribution in [-0.2, 0) is 33.4 Å². The Bertz CT molecular complexity index is 1390. The van der Waals surface area contributed by atoms with Crippen LogP contribution >= 0.6 is 0 Å². The van der Waals surface area contributed by atoms with Gasteiger partial charge in [0.15, 0.2) is 18.0 Å². The van der Waals surface area contributed by atoms with E-state index in [0.29, 0.717) is 11.1 Å². The van der Waals surface area contributed by atoms with Gasteiger partial charge in [-0.15, -0.1) is 0 Å². The molecule has 1 aromatic rings. The maximum Gasteiger partial charge on any atom is 0.310 e. The minimum atomic E-state index is -0.941. The Kier molecular flexibility index (Phi) is 18.0. The highest BCUT2D eigenvalue weighted by Crippen LogP contribution is 2.49. The van der Waals surface area contributed by atoms with E-state index in [1.54, 1.807) is 38.1 Å². The second kappa shape index (κ2) is 21.3. The van der Waals surface area contributed by atoms with Crippen LogP contribution < -0.4 is 0 Å². The Morgan fingerprint density at radius 2 is 1.13 bits per heavy atom. The molecule has 1 aromatic carbocycles. The number of aliphatic hydroxyl groups is 1. The van der Waals surface area contributed by atoms with Gasteiger partial charge in [-0.2, -0.15) is 10.5 Å². The number of hydrogen-bond donors (Lipinski definition) is 1. The van der Waals surface area contributed by atoms with Crippen LogP contribution in [0.4, 0.5) is 0 Å². The molecule has 1 aliphatic carbocycles.